The lowest BCUT2D eigenvalue weighted by Crippen LogP contribution is -2.37. The average Bonchev–Trinajstić information content (AvgIpc) is 2.86. The Hall–Kier alpha value is -1.06. The lowest BCUT2D eigenvalue weighted by Gasteiger charge is -2.29. The van der Waals surface area contributed by atoms with E-state index in [0.717, 1.165) is 19.6 Å². The van der Waals surface area contributed by atoms with Crippen molar-refractivity contribution in [2.75, 3.05) is 38.6 Å². The van der Waals surface area contributed by atoms with Crippen molar-refractivity contribution in [1.29, 1.82) is 0 Å². The summed E-state index contributed by atoms with van der Waals surface area (Å²) in [6.07, 6.45) is 2.63. The summed E-state index contributed by atoms with van der Waals surface area (Å²) in [4.78, 5) is 4.87. The molecule has 0 amide bonds. The van der Waals surface area contributed by atoms with Gasteiger partial charge in [-0.15, -0.1) is 0 Å². The van der Waals surface area contributed by atoms with Crippen molar-refractivity contribution in [3.8, 4) is 0 Å². The predicted molar refractivity (Wildman–Crippen MR) is 91.9 cm³/mol. The topological polar surface area (TPSA) is 18.5 Å². The maximum Gasteiger partial charge on any atom is 0.0417 e. The zero-order valence-corrected chi connectivity index (χ0v) is 14.1. The van der Waals surface area contributed by atoms with Crippen LogP contribution in [0.1, 0.15) is 32.3 Å². The van der Waals surface area contributed by atoms with E-state index in [4.69, 9.17) is 0 Å². The van der Waals surface area contributed by atoms with E-state index in [9.17, 15) is 0 Å². The molecule has 0 aromatic heterocycles. The quantitative estimate of drug-likeness (QED) is 0.832. The lowest BCUT2D eigenvalue weighted by molar-refractivity contribution is 0.372. The molecule has 1 unspecified atom stereocenters. The van der Waals surface area contributed by atoms with Crippen molar-refractivity contribution in [1.82, 2.24) is 10.2 Å². The fraction of sp³-hybridized carbons (Fsp3) is 0.667. The molecule has 1 saturated heterocycles. The van der Waals surface area contributed by atoms with Crippen LogP contribution in [0.5, 0.6) is 0 Å². The molecule has 2 rings (SSSR count). The average molecular weight is 289 g/mol. The van der Waals surface area contributed by atoms with Crippen molar-refractivity contribution in [3.63, 3.8) is 0 Å². The fourth-order valence-corrected chi connectivity index (χ4v) is 3.10. The molecule has 3 heteroatoms. The molecule has 118 valence electrons. The van der Waals surface area contributed by atoms with E-state index >= 15 is 0 Å². The van der Waals surface area contributed by atoms with Gasteiger partial charge in [-0.3, -0.25) is 0 Å². The van der Waals surface area contributed by atoms with Gasteiger partial charge in [0, 0.05) is 31.4 Å². The van der Waals surface area contributed by atoms with E-state index in [1.165, 1.54) is 30.6 Å². The molecule has 0 radical (unpaired) electrons. The van der Waals surface area contributed by atoms with Gasteiger partial charge in [0.15, 0.2) is 0 Å². The van der Waals surface area contributed by atoms with Crippen molar-refractivity contribution in [2.45, 2.75) is 39.3 Å². The van der Waals surface area contributed by atoms with E-state index in [2.05, 4.69) is 67.3 Å². The molecular weight excluding hydrogens is 258 g/mol. The largest absolute Gasteiger partial charge is 0.367 e. The third-order valence-corrected chi connectivity index (χ3v) is 4.10. The van der Waals surface area contributed by atoms with Crippen LogP contribution in [0.15, 0.2) is 24.3 Å². The van der Waals surface area contributed by atoms with Gasteiger partial charge in [-0.05, 0) is 57.1 Å². The first-order chi connectivity index (χ1) is 10.1. The Kier molecular flexibility index (Phi) is 6.07. The maximum absolute atomic E-state index is 3.50. The number of rotatable bonds is 7. The van der Waals surface area contributed by atoms with E-state index in [0.29, 0.717) is 12.0 Å². The second kappa shape index (κ2) is 7.81. The molecule has 0 spiro atoms. The highest BCUT2D eigenvalue weighted by molar-refractivity contribution is 5.49. The molecule has 1 heterocycles. The Balaban J connectivity index is 1.91. The number of anilines is 1. The second-order valence-electron chi connectivity index (χ2n) is 6.94. The normalized spacial score (nSPS) is 19.0. The van der Waals surface area contributed by atoms with Crippen LogP contribution in [0.2, 0.25) is 0 Å². The molecule has 0 saturated carbocycles. The zero-order valence-electron chi connectivity index (χ0n) is 14.1. The summed E-state index contributed by atoms with van der Waals surface area (Å²) < 4.78 is 0. The van der Waals surface area contributed by atoms with Crippen molar-refractivity contribution in [2.24, 2.45) is 5.92 Å². The van der Waals surface area contributed by atoms with E-state index in [1.807, 2.05) is 0 Å². The van der Waals surface area contributed by atoms with Crippen molar-refractivity contribution in [3.05, 3.63) is 29.8 Å². The Labute approximate surface area is 130 Å². The molecule has 1 aromatic carbocycles. The lowest BCUT2D eigenvalue weighted by atomic mass is 10.1. The van der Waals surface area contributed by atoms with Crippen LogP contribution in [0, 0.1) is 5.92 Å². The summed E-state index contributed by atoms with van der Waals surface area (Å²) in [6.45, 7) is 8.89. The molecule has 1 atom stereocenters. The number of nitrogens with one attached hydrogen (secondary N) is 1. The van der Waals surface area contributed by atoms with Gasteiger partial charge >= 0.3 is 0 Å². The Morgan fingerprint density at radius 1 is 1.24 bits per heavy atom. The zero-order chi connectivity index (χ0) is 15.2. The van der Waals surface area contributed by atoms with E-state index in [1.54, 1.807) is 0 Å². The van der Waals surface area contributed by atoms with Gasteiger partial charge in [0.05, 0.1) is 0 Å². The molecule has 3 nitrogen and oxygen atoms in total. The van der Waals surface area contributed by atoms with Gasteiger partial charge in [-0.1, -0.05) is 26.0 Å². The minimum atomic E-state index is 0.671. The van der Waals surface area contributed by atoms with Crippen LogP contribution < -0.4 is 10.2 Å². The number of hydrogen-bond acceptors (Lipinski definition) is 3. The fourth-order valence-electron chi connectivity index (χ4n) is 3.10. The maximum atomic E-state index is 3.50. The Morgan fingerprint density at radius 2 is 1.95 bits per heavy atom. The second-order valence-corrected chi connectivity index (χ2v) is 6.94. The Bertz CT molecular complexity index is 411. The third-order valence-electron chi connectivity index (χ3n) is 4.10. The van der Waals surface area contributed by atoms with Crippen molar-refractivity contribution >= 4 is 5.69 Å². The standard InChI is InChI=1S/C18H31N3/c1-15(2)12-19-13-16-7-9-17(10-8-16)21-11-5-6-18(21)14-20(3)4/h7-10,15,18-19H,5-6,11-14H2,1-4H3. The van der Waals surface area contributed by atoms with Gasteiger partial charge in [0.1, 0.15) is 0 Å². The number of benzene rings is 1. The van der Waals surface area contributed by atoms with Gasteiger partial charge in [0.2, 0.25) is 0 Å². The van der Waals surface area contributed by atoms with Crippen molar-refractivity contribution < 1.29 is 0 Å². The summed E-state index contributed by atoms with van der Waals surface area (Å²) in [7, 11) is 4.33. The molecule has 0 aliphatic carbocycles. The first-order valence-corrected chi connectivity index (χ1v) is 8.27. The minimum absolute atomic E-state index is 0.671. The van der Waals surface area contributed by atoms with Crippen LogP contribution in [0.3, 0.4) is 0 Å². The molecule has 1 N–H and O–H groups in total. The molecule has 1 aliphatic heterocycles. The molecule has 1 fully saturated rings. The Morgan fingerprint density at radius 3 is 2.57 bits per heavy atom. The molecular formula is C18H31N3. The molecule has 0 bridgehead atoms. The highest BCUT2D eigenvalue weighted by atomic mass is 15.2. The summed E-state index contributed by atoms with van der Waals surface area (Å²) in [6, 6.07) is 9.80. The summed E-state index contributed by atoms with van der Waals surface area (Å²) in [5, 5.41) is 3.50. The van der Waals surface area contributed by atoms with Crippen LogP contribution in [0.4, 0.5) is 5.69 Å². The van der Waals surface area contributed by atoms with Gasteiger partial charge in [-0.2, -0.15) is 0 Å². The summed E-state index contributed by atoms with van der Waals surface area (Å²) >= 11 is 0. The van der Waals surface area contributed by atoms with Gasteiger partial charge in [-0.25, -0.2) is 0 Å². The monoisotopic (exact) mass is 289 g/mol. The number of nitrogens with zero attached hydrogens (tertiary/aromatic N) is 2. The highest BCUT2D eigenvalue weighted by Gasteiger charge is 2.24. The molecule has 21 heavy (non-hydrogen) atoms. The smallest absolute Gasteiger partial charge is 0.0417 e. The summed E-state index contributed by atoms with van der Waals surface area (Å²) in [5.74, 6) is 0.709. The summed E-state index contributed by atoms with van der Waals surface area (Å²) in [5.41, 5.74) is 2.76. The van der Waals surface area contributed by atoms with E-state index < -0.39 is 0 Å². The highest BCUT2D eigenvalue weighted by Crippen LogP contribution is 2.26. The third kappa shape index (κ3) is 5.01. The molecule has 1 aliphatic rings. The number of likely N-dealkylation sites (N-methyl/N-ethyl adjacent to an activating group) is 1. The van der Waals surface area contributed by atoms with E-state index in [-0.39, 0.29) is 0 Å². The van der Waals surface area contributed by atoms with Gasteiger partial charge < -0.3 is 15.1 Å². The molecule has 1 aromatic rings. The van der Waals surface area contributed by atoms with Crippen LogP contribution in [-0.4, -0.2) is 44.7 Å². The first-order valence-electron chi connectivity index (χ1n) is 8.27. The predicted octanol–water partition coefficient (Wildman–Crippen LogP) is 2.96. The first kappa shape index (κ1) is 16.3. The van der Waals surface area contributed by atoms with Crippen LogP contribution in [0.25, 0.3) is 0 Å². The minimum Gasteiger partial charge on any atom is -0.367 e. The SMILES string of the molecule is CC(C)CNCc1ccc(N2CCCC2CN(C)C)cc1. The van der Waals surface area contributed by atoms with Crippen LogP contribution in [-0.2, 0) is 6.54 Å². The number of hydrogen-bond donors (Lipinski definition) is 1. The van der Waals surface area contributed by atoms with Crippen LogP contribution >= 0.6 is 0 Å². The van der Waals surface area contributed by atoms with Gasteiger partial charge in [0.25, 0.3) is 0 Å².